The molecule has 1 aromatic carbocycles. The fraction of sp³-hybridized carbons (Fsp3) is 0.647. The number of fused-ring (bicyclic) bond motifs is 1. The largest absolute Gasteiger partial charge is 0.377 e. The minimum atomic E-state index is 0.534. The zero-order valence-electron chi connectivity index (χ0n) is 11.7. The normalized spacial score (nSPS) is 23.5. The molecule has 0 heterocycles. The summed E-state index contributed by atoms with van der Waals surface area (Å²) in [6.07, 6.45) is 9.64. The number of benzene rings is 1. The predicted octanol–water partition coefficient (Wildman–Crippen LogP) is 3.61. The second-order valence-corrected chi connectivity index (χ2v) is 5.88. The lowest BCUT2D eigenvalue weighted by Crippen LogP contribution is -2.26. The second kappa shape index (κ2) is 6.53. The summed E-state index contributed by atoms with van der Waals surface area (Å²) in [6, 6.07) is 9.37. The van der Waals surface area contributed by atoms with Crippen molar-refractivity contribution >= 4 is 0 Å². The molecular formula is C17H25NO. The van der Waals surface area contributed by atoms with Crippen LogP contribution in [0.25, 0.3) is 0 Å². The van der Waals surface area contributed by atoms with Gasteiger partial charge in [0.1, 0.15) is 0 Å². The van der Waals surface area contributed by atoms with Gasteiger partial charge >= 0.3 is 0 Å². The average Bonchev–Trinajstić information content (AvgIpc) is 2.88. The Kier molecular flexibility index (Phi) is 4.52. The van der Waals surface area contributed by atoms with Crippen LogP contribution in [0.15, 0.2) is 24.3 Å². The Bertz CT molecular complexity index is 398. The molecule has 1 saturated carbocycles. The van der Waals surface area contributed by atoms with E-state index in [1.54, 1.807) is 0 Å². The van der Waals surface area contributed by atoms with E-state index in [4.69, 9.17) is 4.74 Å². The van der Waals surface area contributed by atoms with Gasteiger partial charge in [0.05, 0.1) is 12.7 Å². The second-order valence-electron chi connectivity index (χ2n) is 5.88. The van der Waals surface area contributed by atoms with Crippen LogP contribution in [0.4, 0.5) is 0 Å². The number of rotatable bonds is 5. The zero-order valence-corrected chi connectivity index (χ0v) is 11.7. The first-order valence-corrected chi connectivity index (χ1v) is 7.86. The Morgan fingerprint density at radius 1 is 1.05 bits per heavy atom. The van der Waals surface area contributed by atoms with Crippen molar-refractivity contribution in [3.63, 3.8) is 0 Å². The summed E-state index contributed by atoms with van der Waals surface area (Å²) in [5.41, 5.74) is 3.02. The molecule has 0 spiro atoms. The van der Waals surface area contributed by atoms with E-state index in [1.807, 2.05) is 0 Å². The average molecular weight is 259 g/mol. The maximum atomic E-state index is 5.97. The molecule has 19 heavy (non-hydrogen) atoms. The molecule has 0 aliphatic heterocycles. The molecule has 1 atom stereocenters. The lowest BCUT2D eigenvalue weighted by molar-refractivity contribution is 0.0294. The van der Waals surface area contributed by atoms with Crippen molar-refractivity contribution in [1.82, 2.24) is 5.32 Å². The van der Waals surface area contributed by atoms with E-state index in [9.17, 15) is 0 Å². The van der Waals surface area contributed by atoms with Gasteiger partial charge in [-0.15, -0.1) is 0 Å². The first-order valence-electron chi connectivity index (χ1n) is 7.86. The summed E-state index contributed by atoms with van der Waals surface area (Å²) >= 11 is 0. The van der Waals surface area contributed by atoms with Gasteiger partial charge in [-0.3, -0.25) is 0 Å². The molecule has 0 aromatic heterocycles. The van der Waals surface area contributed by atoms with Crippen molar-refractivity contribution in [3.05, 3.63) is 35.4 Å². The maximum Gasteiger partial charge on any atom is 0.0594 e. The van der Waals surface area contributed by atoms with E-state index < -0.39 is 0 Å². The van der Waals surface area contributed by atoms with Crippen molar-refractivity contribution in [3.8, 4) is 0 Å². The fourth-order valence-electron chi connectivity index (χ4n) is 3.46. The Labute approximate surface area is 116 Å². The van der Waals surface area contributed by atoms with Gasteiger partial charge in [-0.2, -0.15) is 0 Å². The third kappa shape index (κ3) is 3.37. The van der Waals surface area contributed by atoms with Crippen LogP contribution in [0, 0.1) is 0 Å². The molecule has 1 unspecified atom stereocenters. The van der Waals surface area contributed by atoms with Crippen molar-refractivity contribution in [2.45, 2.75) is 57.1 Å². The summed E-state index contributed by atoms with van der Waals surface area (Å²) in [6.45, 7) is 1.85. The van der Waals surface area contributed by atoms with Crippen LogP contribution in [-0.4, -0.2) is 19.3 Å². The van der Waals surface area contributed by atoms with E-state index in [2.05, 4.69) is 29.6 Å². The number of aryl methyl sites for hydroxylation is 1. The number of hydrogen-bond acceptors (Lipinski definition) is 2. The molecule has 2 aliphatic rings. The molecule has 0 radical (unpaired) electrons. The van der Waals surface area contributed by atoms with Crippen LogP contribution in [0.2, 0.25) is 0 Å². The molecule has 0 bridgehead atoms. The molecule has 2 heteroatoms. The number of hydrogen-bond donors (Lipinski definition) is 1. The smallest absolute Gasteiger partial charge is 0.0594 e. The van der Waals surface area contributed by atoms with Gasteiger partial charge in [-0.25, -0.2) is 0 Å². The van der Waals surface area contributed by atoms with Crippen molar-refractivity contribution < 1.29 is 4.74 Å². The highest BCUT2D eigenvalue weighted by atomic mass is 16.5. The van der Waals surface area contributed by atoms with Crippen LogP contribution >= 0.6 is 0 Å². The molecule has 104 valence electrons. The maximum absolute atomic E-state index is 5.97. The molecule has 1 fully saturated rings. The summed E-state index contributed by atoms with van der Waals surface area (Å²) in [4.78, 5) is 0. The summed E-state index contributed by atoms with van der Waals surface area (Å²) in [5.74, 6) is 0. The lowest BCUT2D eigenvalue weighted by atomic mass is 9.98. The van der Waals surface area contributed by atoms with Gasteiger partial charge in [0, 0.05) is 12.6 Å². The van der Waals surface area contributed by atoms with Gasteiger partial charge in [0.25, 0.3) is 0 Å². The molecule has 2 aliphatic carbocycles. The molecule has 2 nitrogen and oxygen atoms in total. The van der Waals surface area contributed by atoms with E-state index in [-0.39, 0.29) is 0 Å². The van der Waals surface area contributed by atoms with Crippen molar-refractivity contribution in [2.75, 3.05) is 13.2 Å². The minimum Gasteiger partial charge on any atom is -0.377 e. The number of nitrogens with one attached hydrogen (secondary N) is 1. The SMILES string of the molecule is c1ccc2c(c1)CCC2NCCOC1CCCCC1. The van der Waals surface area contributed by atoms with Gasteiger partial charge in [0.15, 0.2) is 0 Å². The van der Waals surface area contributed by atoms with Gasteiger partial charge < -0.3 is 10.1 Å². The fourth-order valence-corrected chi connectivity index (χ4v) is 3.46. The number of ether oxygens (including phenoxy) is 1. The molecule has 3 rings (SSSR count). The summed E-state index contributed by atoms with van der Waals surface area (Å²) in [7, 11) is 0. The Balaban J connectivity index is 1.39. The Hall–Kier alpha value is -0.860. The van der Waals surface area contributed by atoms with Crippen LogP contribution in [-0.2, 0) is 11.2 Å². The molecular weight excluding hydrogens is 234 g/mol. The van der Waals surface area contributed by atoms with Crippen molar-refractivity contribution in [1.29, 1.82) is 0 Å². The highest BCUT2D eigenvalue weighted by Gasteiger charge is 2.21. The topological polar surface area (TPSA) is 21.3 Å². The van der Waals surface area contributed by atoms with Gasteiger partial charge in [-0.05, 0) is 36.8 Å². The van der Waals surface area contributed by atoms with E-state index in [0.29, 0.717) is 12.1 Å². The summed E-state index contributed by atoms with van der Waals surface area (Å²) in [5, 5.41) is 3.65. The quantitative estimate of drug-likeness (QED) is 0.816. The van der Waals surface area contributed by atoms with Gasteiger partial charge in [-0.1, -0.05) is 43.5 Å². The van der Waals surface area contributed by atoms with E-state index in [0.717, 1.165) is 13.2 Å². The standard InChI is InChI=1S/C17H25NO/c1-2-7-15(8-3-1)19-13-12-18-17-11-10-14-6-4-5-9-16(14)17/h4-6,9,15,17-18H,1-3,7-8,10-13H2. The monoisotopic (exact) mass is 259 g/mol. The third-order valence-corrected chi connectivity index (χ3v) is 4.53. The van der Waals surface area contributed by atoms with Crippen LogP contribution in [0.5, 0.6) is 0 Å². The molecule has 0 saturated heterocycles. The molecule has 1 aromatic rings. The van der Waals surface area contributed by atoms with E-state index >= 15 is 0 Å². The van der Waals surface area contributed by atoms with Crippen LogP contribution < -0.4 is 5.32 Å². The molecule has 1 N–H and O–H groups in total. The highest BCUT2D eigenvalue weighted by Crippen LogP contribution is 2.30. The van der Waals surface area contributed by atoms with Gasteiger partial charge in [0.2, 0.25) is 0 Å². The minimum absolute atomic E-state index is 0.534. The predicted molar refractivity (Wildman–Crippen MR) is 78.3 cm³/mol. The third-order valence-electron chi connectivity index (χ3n) is 4.53. The lowest BCUT2D eigenvalue weighted by Gasteiger charge is -2.22. The van der Waals surface area contributed by atoms with E-state index in [1.165, 1.54) is 56.1 Å². The molecule has 0 amide bonds. The zero-order chi connectivity index (χ0) is 12.9. The Morgan fingerprint density at radius 2 is 1.89 bits per heavy atom. The first kappa shape index (κ1) is 13.1. The summed E-state index contributed by atoms with van der Waals surface area (Å²) < 4.78 is 5.97. The Morgan fingerprint density at radius 3 is 2.79 bits per heavy atom. The first-order chi connectivity index (χ1) is 9.43. The van der Waals surface area contributed by atoms with Crippen molar-refractivity contribution in [2.24, 2.45) is 0 Å². The van der Waals surface area contributed by atoms with Crippen LogP contribution in [0.3, 0.4) is 0 Å². The van der Waals surface area contributed by atoms with Crippen LogP contribution in [0.1, 0.15) is 55.7 Å². The highest BCUT2D eigenvalue weighted by molar-refractivity contribution is 5.34.